The lowest BCUT2D eigenvalue weighted by molar-refractivity contribution is -0.119. The van der Waals surface area contributed by atoms with Crippen molar-refractivity contribution in [3.05, 3.63) is 60.0 Å². The van der Waals surface area contributed by atoms with Crippen LogP contribution < -0.4 is 21.5 Å². The predicted octanol–water partition coefficient (Wildman–Crippen LogP) is 3.75. The number of halogens is 1. The summed E-state index contributed by atoms with van der Waals surface area (Å²) in [6.07, 6.45) is 4.08. The number of allylic oxidation sites excluding steroid dienone is 3. The molecule has 2 aromatic rings. The maximum Gasteiger partial charge on any atom is 0.267 e. The van der Waals surface area contributed by atoms with Gasteiger partial charge in [0.05, 0.1) is 0 Å². The highest BCUT2D eigenvalue weighted by Crippen LogP contribution is 2.23. The Bertz CT molecular complexity index is 1030. The van der Waals surface area contributed by atoms with E-state index in [9.17, 15) is 14.0 Å². The third-order valence-electron chi connectivity index (χ3n) is 4.51. The Balaban J connectivity index is 2.31. The number of hydrogen-bond acceptors (Lipinski definition) is 6. The normalized spacial score (nSPS) is 13.7. The summed E-state index contributed by atoms with van der Waals surface area (Å²) in [5.74, 6) is 0.483. The molecule has 1 aromatic heterocycles. The number of carbonyl (C=O) groups excluding carboxylic acids is 2. The number of rotatable bonds is 11. The molecule has 1 heterocycles. The molecule has 1 aromatic carbocycles. The van der Waals surface area contributed by atoms with Gasteiger partial charge in [0, 0.05) is 11.6 Å². The van der Waals surface area contributed by atoms with Crippen LogP contribution in [0.3, 0.4) is 0 Å². The first-order valence-corrected chi connectivity index (χ1v) is 10.6. The Kier molecular flexibility index (Phi) is 9.08. The summed E-state index contributed by atoms with van der Waals surface area (Å²) in [7, 11) is 0. The summed E-state index contributed by atoms with van der Waals surface area (Å²) in [5, 5.41) is 2.98. The number of aromatic nitrogens is 2. The van der Waals surface area contributed by atoms with Gasteiger partial charge in [0.25, 0.3) is 5.91 Å². The second-order valence-electron chi connectivity index (χ2n) is 7.91. The van der Waals surface area contributed by atoms with Crippen molar-refractivity contribution < 1.29 is 18.7 Å². The molecule has 5 N–H and O–H groups in total. The second kappa shape index (κ2) is 11.8. The Morgan fingerprint density at radius 2 is 1.82 bits per heavy atom. The van der Waals surface area contributed by atoms with E-state index in [2.05, 4.69) is 15.3 Å². The number of alkyl halides is 1. The SMILES string of the molecule is CC=C(C=CC(C)F)Oc1ccc(-c2nc(NC(CC(C)C)C(N)=O)cc(C(N)=O)n2)cc1. The van der Waals surface area contributed by atoms with Crippen molar-refractivity contribution in [3.8, 4) is 17.1 Å². The highest BCUT2D eigenvalue weighted by Gasteiger charge is 2.19. The average molecular weight is 456 g/mol. The fraction of sp³-hybridized carbons (Fsp3) is 0.333. The molecule has 33 heavy (non-hydrogen) atoms. The molecule has 0 spiro atoms. The van der Waals surface area contributed by atoms with Gasteiger partial charge in [0.15, 0.2) is 5.82 Å². The van der Waals surface area contributed by atoms with Crippen molar-refractivity contribution in [1.82, 2.24) is 9.97 Å². The largest absolute Gasteiger partial charge is 0.458 e. The molecular formula is C24H30FN5O3. The number of primary amides is 2. The molecule has 0 radical (unpaired) electrons. The Labute approximate surface area is 192 Å². The van der Waals surface area contributed by atoms with E-state index in [4.69, 9.17) is 16.2 Å². The second-order valence-corrected chi connectivity index (χ2v) is 7.91. The van der Waals surface area contributed by atoms with Gasteiger partial charge in [-0.25, -0.2) is 14.4 Å². The van der Waals surface area contributed by atoms with Gasteiger partial charge in [0.1, 0.15) is 35.2 Å². The van der Waals surface area contributed by atoms with Crippen LogP contribution in [0.1, 0.15) is 44.6 Å². The van der Waals surface area contributed by atoms with Crippen LogP contribution in [0.25, 0.3) is 11.4 Å². The number of anilines is 1. The van der Waals surface area contributed by atoms with Gasteiger partial charge in [-0.1, -0.05) is 13.8 Å². The first kappa shape index (κ1) is 25.5. The number of nitrogens with one attached hydrogen (secondary N) is 1. The van der Waals surface area contributed by atoms with Gasteiger partial charge in [-0.15, -0.1) is 0 Å². The summed E-state index contributed by atoms with van der Waals surface area (Å²) in [6, 6.07) is 7.55. The maximum atomic E-state index is 13.0. The maximum absolute atomic E-state index is 13.0. The molecule has 176 valence electrons. The van der Waals surface area contributed by atoms with Crippen LogP contribution in [0.5, 0.6) is 5.75 Å². The van der Waals surface area contributed by atoms with E-state index < -0.39 is 24.0 Å². The van der Waals surface area contributed by atoms with E-state index in [1.807, 2.05) is 13.8 Å². The van der Waals surface area contributed by atoms with Gasteiger partial charge in [0.2, 0.25) is 5.91 Å². The van der Waals surface area contributed by atoms with E-state index in [0.29, 0.717) is 23.5 Å². The molecule has 0 aliphatic heterocycles. The molecule has 2 amide bonds. The lowest BCUT2D eigenvalue weighted by atomic mass is 10.0. The van der Waals surface area contributed by atoms with Gasteiger partial charge in [-0.05, 0) is 68.7 Å². The first-order chi connectivity index (χ1) is 15.6. The lowest BCUT2D eigenvalue weighted by Crippen LogP contribution is -2.37. The molecular weight excluding hydrogens is 425 g/mol. The summed E-state index contributed by atoms with van der Waals surface area (Å²) < 4.78 is 18.8. The van der Waals surface area contributed by atoms with E-state index in [-0.39, 0.29) is 23.3 Å². The zero-order chi connectivity index (χ0) is 24.5. The third-order valence-corrected chi connectivity index (χ3v) is 4.51. The molecule has 0 bridgehead atoms. The van der Waals surface area contributed by atoms with Crippen LogP contribution in [0, 0.1) is 5.92 Å². The van der Waals surface area contributed by atoms with Crippen molar-refractivity contribution in [2.75, 3.05) is 5.32 Å². The average Bonchev–Trinajstić information content (AvgIpc) is 2.75. The molecule has 2 unspecified atom stereocenters. The van der Waals surface area contributed by atoms with E-state index >= 15 is 0 Å². The number of nitrogens with zero attached hydrogens (tertiary/aromatic N) is 2. The topological polar surface area (TPSA) is 133 Å². The summed E-state index contributed by atoms with van der Waals surface area (Å²) in [6.45, 7) is 7.15. The zero-order valence-electron chi connectivity index (χ0n) is 19.2. The highest BCUT2D eigenvalue weighted by atomic mass is 19.1. The fourth-order valence-electron chi connectivity index (χ4n) is 2.90. The number of amides is 2. The van der Waals surface area contributed by atoms with Crippen molar-refractivity contribution in [3.63, 3.8) is 0 Å². The molecule has 0 saturated heterocycles. The molecule has 2 atom stereocenters. The van der Waals surface area contributed by atoms with Gasteiger partial charge in [-0.2, -0.15) is 0 Å². The predicted molar refractivity (Wildman–Crippen MR) is 126 cm³/mol. The highest BCUT2D eigenvalue weighted by molar-refractivity contribution is 5.92. The summed E-state index contributed by atoms with van der Waals surface area (Å²) in [4.78, 5) is 32.3. The molecule has 0 saturated carbocycles. The van der Waals surface area contributed by atoms with Crippen LogP contribution in [0.15, 0.2) is 54.3 Å². The third kappa shape index (κ3) is 8.03. The number of hydrogen-bond donors (Lipinski definition) is 3. The molecule has 0 aliphatic rings. The van der Waals surface area contributed by atoms with E-state index in [1.165, 1.54) is 19.1 Å². The van der Waals surface area contributed by atoms with E-state index in [1.54, 1.807) is 43.3 Å². The lowest BCUT2D eigenvalue weighted by Gasteiger charge is -2.18. The Morgan fingerprint density at radius 3 is 2.33 bits per heavy atom. The van der Waals surface area contributed by atoms with Crippen molar-refractivity contribution in [2.45, 2.75) is 46.3 Å². The minimum atomic E-state index is -1.09. The van der Waals surface area contributed by atoms with Crippen LogP contribution in [-0.4, -0.2) is 34.0 Å². The molecule has 8 nitrogen and oxygen atoms in total. The van der Waals surface area contributed by atoms with Crippen molar-refractivity contribution in [2.24, 2.45) is 17.4 Å². The van der Waals surface area contributed by atoms with Crippen LogP contribution in [0.4, 0.5) is 10.2 Å². The number of nitrogens with two attached hydrogens (primary N) is 2. The minimum Gasteiger partial charge on any atom is -0.458 e. The molecule has 0 aliphatic carbocycles. The fourth-order valence-corrected chi connectivity index (χ4v) is 2.90. The summed E-state index contributed by atoms with van der Waals surface area (Å²) in [5.41, 5.74) is 11.5. The number of ether oxygens (including phenoxy) is 1. The van der Waals surface area contributed by atoms with E-state index in [0.717, 1.165) is 0 Å². The first-order valence-electron chi connectivity index (χ1n) is 10.6. The quantitative estimate of drug-likeness (QED) is 0.349. The van der Waals surface area contributed by atoms with Crippen LogP contribution in [0.2, 0.25) is 0 Å². The zero-order valence-corrected chi connectivity index (χ0v) is 19.2. The molecule has 0 fully saturated rings. The molecule has 9 heteroatoms. The van der Waals surface area contributed by atoms with Crippen LogP contribution >= 0.6 is 0 Å². The van der Waals surface area contributed by atoms with Crippen molar-refractivity contribution in [1.29, 1.82) is 0 Å². The smallest absolute Gasteiger partial charge is 0.267 e. The number of carbonyl (C=O) groups is 2. The monoisotopic (exact) mass is 455 g/mol. The molecule has 2 rings (SSSR count). The minimum absolute atomic E-state index is 0.00252. The standard InChI is InChI=1S/C24H30FN5O3/c1-5-17(9-6-15(4)25)33-18-10-7-16(8-11-18)24-29-20(23(27)32)13-21(30-24)28-19(22(26)31)12-14(2)3/h5-11,13-15,19H,12H2,1-4H3,(H2,26,31)(H2,27,32)(H,28,29,30). The van der Waals surface area contributed by atoms with Gasteiger partial charge < -0.3 is 21.5 Å². The van der Waals surface area contributed by atoms with Crippen molar-refractivity contribution >= 4 is 17.6 Å². The van der Waals surface area contributed by atoms with Crippen LogP contribution in [-0.2, 0) is 4.79 Å². The van der Waals surface area contributed by atoms with Gasteiger partial charge in [-0.3, -0.25) is 9.59 Å². The number of benzene rings is 1. The van der Waals surface area contributed by atoms with Gasteiger partial charge >= 0.3 is 0 Å². The summed E-state index contributed by atoms with van der Waals surface area (Å²) >= 11 is 0. The Morgan fingerprint density at radius 1 is 1.15 bits per heavy atom. The Hall–Kier alpha value is -3.75.